The van der Waals surface area contributed by atoms with Gasteiger partial charge in [0.1, 0.15) is 24.9 Å². The number of hydrogen-bond donors (Lipinski definition) is 0. The Bertz CT molecular complexity index is 2360. The molecule has 8 rings (SSSR count). The first-order valence-corrected chi connectivity index (χ1v) is 18.7. The van der Waals surface area contributed by atoms with Crippen molar-refractivity contribution in [3.05, 3.63) is 62.1 Å². The Morgan fingerprint density at radius 3 is 1.62 bits per heavy atom. The molecule has 2 saturated carbocycles. The van der Waals surface area contributed by atoms with E-state index in [2.05, 4.69) is 24.8 Å². The van der Waals surface area contributed by atoms with Crippen molar-refractivity contribution in [1.29, 1.82) is 0 Å². The molecule has 50 heavy (non-hydrogen) atoms. The lowest BCUT2D eigenvalue weighted by Gasteiger charge is -2.23. The maximum Gasteiger partial charge on any atom is 0.273 e. The monoisotopic (exact) mass is 731 g/mol. The Hall–Kier alpha value is -4.12. The van der Waals surface area contributed by atoms with Gasteiger partial charge in [-0.05, 0) is 37.8 Å². The van der Waals surface area contributed by atoms with Crippen molar-refractivity contribution in [2.75, 3.05) is 38.0 Å². The molecule has 0 spiro atoms. The third kappa shape index (κ3) is 6.45. The maximum absolute atomic E-state index is 13.1. The molecular formula is C36H42ClN9O2S2. The number of halogens is 1. The van der Waals surface area contributed by atoms with Gasteiger partial charge >= 0.3 is 0 Å². The van der Waals surface area contributed by atoms with Crippen molar-refractivity contribution in [1.82, 2.24) is 29.1 Å². The second-order valence-electron chi connectivity index (χ2n) is 13.3. The minimum absolute atomic E-state index is 0. The summed E-state index contributed by atoms with van der Waals surface area (Å²) in [6, 6.07) is 4.11. The zero-order valence-corrected chi connectivity index (χ0v) is 30.5. The van der Waals surface area contributed by atoms with Crippen LogP contribution in [-0.4, -0.2) is 57.3 Å². The van der Waals surface area contributed by atoms with Crippen molar-refractivity contribution in [3.63, 3.8) is 0 Å². The van der Waals surface area contributed by atoms with Crippen LogP contribution in [0.5, 0.6) is 0 Å². The molecule has 0 saturated heterocycles. The van der Waals surface area contributed by atoms with Gasteiger partial charge in [-0.3, -0.25) is 18.7 Å². The van der Waals surface area contributed by atoms with Crippen LogP contribution in [0.3, 0.4) is 0 Å². The molecule has 6 heterocycles. The fraction of sp³-hybridized carbons (Fsp3) is 0.472. The molecular weight excluding hydrogens is 690 g/mol. The summed E-state index contributed by atoms with van der Waals surface area (Å²) in [4.78, 5) is 53.0. The van der Waals surface area contributed by atoms with Crippen molar-refractivity contribution >= 4 is 92.3 Å². The summed E-state index contributed by atoms with van der Waals surface area (Å²) in [7, 11) is 7.76. The van der Waals surface area contributed by atoms with Crippen molar-refractivity contribution in [3.8, 4) is 0 Å². The Labute approximate surface area is 304 Å². The fourth-order valence-corrected chi connectivity index (χ4v) is 9.61. The van der Waals surface area contributed by atoms with Crippen molar-refractivity contribution in [2.24, 2.45) is 0 Å². The number of pyridine rings is 2. The molecule has 262 valence electrons. The molecule has 2 aliphatic carbocycles. The molecule has 0 amide bonds. The van der Waals surface area contributed by atoms with Gasteiger partial charge in [-0.1, -0.05) is 75.5 Å². The predicted molar refractivity (Wildman–Crippen MR) is 209 cm³/mol. The molecule has 0 aromatic carbocycles. The second kappa shape index (κ2) is 14.6. The van der Waals surface area contributed by atoms with E-state index in [9.17, 15) is 9.59 Å². The van der Waals surface area contributed by atoms with Gasteiger partial charge in [0.15, 0.2) is 0 Å². The molecule has 0 atom stereocenters. The first-order valence-electron chi connectivity index (χ1n) is 16.7. The van der Waals surface area contributed by atoms with E-state index in [4.69, 9.17) is 18.2 Å². The Morgan fingerprint density at radius 1 is 0.740 bits per heavy atom. The van der Waals surface area contributed by atoms with Crippen LogP contribution >= 0.6 is 34.3 Å². The minimum Gasteiger partial charge on any atom is -0.378 e. The van der Waals surface area contributed by atoms with Gasteiger partial charge in [-0.2, -0.15) is 0 Å². The second-order valence-corrected chi connectivity index (χ2v) is 15.7. The van der Waals surface area contributed by atoms with E-state index in [1.807, 2.05) is 53.2 Å². The third-order valence-electron chi connectivity index (χ3n) is 9.68. The number of hydrogen-bond acceptors (Lipinski definition) is 10. The first-order chi connectivity index (χ1) is 23.7. The summed E-state index contributed by atoms with van der Waals surface area (Å²) in [5.41, 5.74) is 3.33. The molecule has 2 aliphatic rings. The van der Waals surface area contributed by atoms with Crippen LogP contribution in [0.1, 0.15) is 83.7 Å². The van der Waals surface area contributed by atoms with E-state index in [0.29, 0.717) is 30.7 Å². The van der Waals surface area contributed by atoms with Crippen molar-refractivity contribution in [2.45, 2.75) is 83.7 Å². The topological polar surface area (TPSA) is 106 Å². The molecule has 0 aliphatic heterocycles. The van der Waals surface area contributed by atoms with Crippen molar-refractivity contribution < 1.29 is 0 Å². The smallest absolute Gasteiger partial charge is 0.273 e. The highest BCUT2D eigenvalue weighted by molar-refractivity contribution is 7.25. The van der Waals surface area contributed by atoms with Gasteiger partial charge in [0, 0.05) is 46.0 Å². The van der Waals surface area contributed by atoms with Crippen LogP contribution < -0.4 is 20.9 Å². The predicted octanol–water partition coefficient (Wildman–Crippen LogP) is 9.00. The van der Waals surface area contributed by atoms with Crippen LogP contribution in [0.4, 0.5) is 17.2 Å². The summed E-state index contributed by atoms with van der Waals surface area (Å²) in [6.45, 7) is 7.27. The maximum atomic E-state index is 13.1. The highest BCUT2D eigenvalue weighted by atomic mass is 35.5. The Balaban J connectivity index is 0.000000170. The zero-order valence-electron chi connectivity index (χ0n) is 28.1. The van der Waals surface area contributed by atoms with Gasteiger partial charge in [-0.25, -0.2) is 15.0 Å². The lowest BCUT2D eigenvalue weighted by molar-refractivity contribution is 0.345. The average Bonchev–Trinajstić information content (AvgIpc) is 3.68. The van der Waals surface area contributed by atoms with Crippen LogP contribution in [0.15, 0.2) is 34.4 Å². The standard InChI is InChI=1S/C18H19N5OS.C17H19ClN4OS.CH4/c1-19-13-9-12(22(2)3)14-15-16(25-17(14)21-13)18(24)23(10-20-15)11-7-5-4-6-8-11;1-21(2)11-8-12(18)20-16-13(11)14-15(24-16)17(23)22(9-19-14)10-6-4-3-5-7-10;/h9-11H,4-8H2,2-3H3;8-10H,3-7H2,1-2H3;1H4. The quantitative estimate of drug-likeness (QED) is 0.131. The van der Waals surface area contributed by atoms with Crippen LogP contribution in [-0.2, 0) is 0 Å². The highest BCUT2D eigenvalue weighted by Crippen LogP contribution is 2.39. The number of thiophene rings is 2. The molecule has 6 aromatic heterocycles. The van der Waals surface area contributed by atoms with Gasteiger partial charge in [0.25, 0.3) is 16.9 Å². The van der Waals surface area contributed by atoms with E-state index in [0.717, 1.165) is 58.2 Å². The molecule has 6 aromatic rings. The molecule has 11 nitrogen and oxygen atoms in total. The normalized spacial score (nSPS) is 15.5. The highest BCUT2D eigenvalue weighted by Gasteiger charge is 2.24. The zero-order chi connectivity index (χ0) is 34.4. The van der Waals surface area contributed by atoms with E-state index in [-0.39, 0.29) is 30.6 Å². The van der Waals surface area contributed by atoms with Gasteiger partial charge in [-0.15, -0.1) is 16.3 Å². The number of rotatable bonds is 4. The number of aromatic nitrogens is 6. The van der Waals surface area contributed by atoms with Crippen LogP contribution in [0.25, 0.3) is 45.7 Å². The van der Waals surface area contributed by atoms with Gasteiger partial charge in [0.2, 0.25) is 4.83 Å². The SMILES string of the molecule is C.CN(C)c1cc(Cl)nc2sc3c(=O)n(C4CCCCC4)cnc3c12.[C-]#[N+]c1cc(N(C)C)c2c(n1)sc1c(=O)n(C3CCCCC3)cnc12. The number of anilines is 2. The molecule has 0 unspecified atom stereocenters. The van der Waals surface area contributed by atoms with E-state index in [1.165, 1.54) is 61.2 Å². The average molecular weight is 732 g/mol. The summed E-state index contributed by atoms with van der Waals surface area (Å²) in [6.07, 6.45) is 14.9. The third-order valence-corrected chi connectivity index (χ3v) is 12.0. The summed E-state index contributed by atoms with van der Waals surface area (Å²) < 4.78 is 4.95. The molecule has 2 fully saturated rings. The molecule has 0 bridgehead atoms. The lowest BCUT2D eigenvalue weighted by atomic mass is 9.95. The molecule has 14 heteroatoms. The first kappa shape index (κ1) is 35.7. The lowest BCUT2D eigenvalue weighted by Crippen LogP contribution is -2.26. The van der Waals surface area contributed by atoms with Crippen LogP contribution in [0.2, 0.25) is 5.15 Å². The summed E-state index contributed by atoms with van der Waals surface area (Å²) in [5.74, 6) is 0.343. The Kier molecular flexibility index (Phi) is 10.4. The number of fused-ring (bicyclic) bond motifs is 6. The fourth-order valence-electron chi connectivity index (χ4n) is 7.20. The minimum atomic E-state index is 0. The van der Waals surface area contributed by atoms with E-state index >= 15 is 0 Å². The summed E-state index contributed by atoms with van der Waals surface area (Å²) >= 11 is 8.90. The van der Waals surface area contributed by atoms with Gasteiger partial charge < -0.3 is 14.6 Å². The molecule has 0 N–H and O–H groups in total. The van der Waals surface area contributed by atoms with Crippen LogP contribution in [0, 0.1) is 6.57 Å². The molecule has 0 radical (unpaired) electrons. The largest absolute Gasteiger partial charge is 0.378 e. The number of nitrogens with zero attached hydrogens (tertiary/aromatic N) is 9. The Morgan fingerprint density at radius 2 is 1.18 bits per heavy atom. The summed E-state index contributed by atoms with van der Waals surface area (Å²) in [5, 5.41) is 2.22. The van der Waals surface area contributed by atoms with Gasteiger partial charge in [0.05, 0.1) is 34.6 Å². The van der Waals surface area contributed by atoms with E-state index in [1.54, 1.807) is 18.7 Å². The van der Waals surface area contributed by atoms with E-state index < -0.39 is 0 Å².